The molecule has 0 spiro atoms. The zero-order valence-corrected chi connectivity index (χ0v) is 18.6. The van der Waals surface area contributed by atoms with Gasteiger partial charge in [0.1, 0.15) is 6.04 Å². The van der Waals surface area contributed by atoms with Crippen LogP contribution >= 0.6 is 0 Å². The predicted molar refractivity (Wildman–Crippen MR) is 120 cm³/mol. The molecule has 2 rings (SSSR count). The second-order valence-corrected chi connectivity index (χ2v) is 7.76. The first kappa shape index (κ1) is 24.4. The first-order valence-electron chi connectivity index (χ1n) is 11.2. The maximum Gasteiger partial charge on any atom is 0.306 e. The molecule has 2 N–H and O–H groups in total. The summed E-state index contributed by atoms with van der Waals surface area (Å²) in [5.41, 5.74) is 0.940. The van der Waals surface area contributed by atoms with Crippen LogP contribution in [0.25, 0.3) is 0 Å². The Balaban J connectivity index is 2.26. The highest BCUT2D eigenvalue weighted by atomic mass is 16.5. The molecule has 1 unspecified atom stereocenters. The second kappa shape index (κ2) is 13.5. The number of rotatable bonds is 6. The topological polar surface area (TPSA) is 89.4 Å². The molecular formula is C24H35N3O4. The lowest BCUT2D eigenvalue weighted by molar-refractivity contribution is -0.146. The maximum absolute atomic E-state index is 12.9. The summed E-state index contributed by atoms with van der Waals surface area (Å²) in [6.45, 7) is 5.34. The molecule has 0 saturated carbocycles. The van der Waals surface area contributed by atoms with Gasteiger partial charge in [-0.2, -0.15) is 0 Å². The van der Waals surface area contributed by atoms with E-state index in [-0.39, 0.29) is 24.8 Å². The summed E-state index contributed by atoms with van der Waals surface area (Å²) in [5, 5.41) is 5.84. The van der Waals surface area contributed by atoms with Crippen LogP contribution in [-0.2, 0) is 32.1 Å². The summed E-state index contributed by atoms with van der Waals surface area (Å²) in [6.07, 6.45) is 7.85. The molecule has 0 fully saturated rings. The van der Waals surface area contributed by atoms with Crippen molar-refractivity contribution in [3.63, 3.8) is 0 Å². The number of aryl methyl sites for hydroxylation is 1. The first-order valence-corrected chi connectivity index (χ1v) is 11.2. The number of amides is 2. The Labute approximate surface area is 184 Å². The fourth-order valence-electron chi connectivity index (χ4n) is 3.54. The zero-order valence-electron chi connectivity index (χ0n) is 18.6. The average Bonchev–Trinajstić information content (AvgIpc) is 2.85. The highest BCUT2D eigenvalue weighted by Crippen LogP contribution is 2.12. The summed E-state index contributed by atoms with van der Waals surface area (Å²) < 4.78 is 7.11. The van der Waals surface area contributed by atoms with Crippen LogP contribution in [0.3, 0.4) is 0 Å². The van der Waals surface area contributed by atoms with E-state index >= 15 is 0 Å². The highest BCUT2D eigenvalue weighted by molar-refractivity contribution is 5.90. The number of aromatic nitrogens is 1. The van der Waals surface area contributed by atoms with Crippen molar-refractivity contribution in [1.82, 2.24) is 15.2 Å². The number of esters is 1. The summed E-state index contributed by atoms with van der Waals surface area (Å²) in [4.78, 5) is 37.6. The molecule has 1 aliphatic heterocycles. The van der Waals surface area contributed by atoms with Crippen LogP contribution in [-0.4, -0.2) is 41.5 Å². The van der Waals surface area contributed by atoms with Gasteiger partial charge in [0.25, 0.3) is 0 Å². The van der Waals surface area contributed by atoms with Crippen molar-refractivity contribution in [2.24, 2.45) is 5.92 Å². The molecule has 0 aliphatic carbocycles. The van der Waals surface area contributed by atoms with E-state index in [1.54, 1.807) is 6.92 Å². The van der Waals surface area contributed by atoms with Crippen molar-refractivity contribution in [2.75, 3.05) is 13.2 Å². The van der Waals surface area contributed by atoms with Crippen LogP contribution in [0.4, 0.5) is 0 Å². The summed E-state index contributed by atoms with van der Waals surface area (Å²) in [5.74, 6) is -1.43. The zero-order chi connectivity index (χ0) is 22.5. The van der Waals surface area contributed by atoms with Crippen LogP contribution in [0.15, 0.2) is 42.7 Å². The van der Waals surface area contributed by atoms with Gasteiger partial charge in [-0.05, 0) is 44.2 Å². The van der Waals surface area contributed by atoms with Crippen molar-refractivity contribution < 1.29 is 19.1 Å². The van der Waals surface area contributed by atoms with Gasteiger partial charge < -0.3 is 19.9 Å². The van der Waals surface area contributed by atoms with Gasteiger partial charge in [0.15, 0.2) is 0 Å². The number of carbonyl (C=O) groups is 3. The van der Waals surface area contributed by atoms with Gasteiger partial charge >= 0.3 is 5.97 Å². The Kier molecular flexibility index (Phi) is 10.6. The van der Waals surface area contributed by atoms with Crippen molar-refractivity contribution in [2.45, 2.75) is 65.0 Å². The third-order valence-corrected chi connectivity index (χ3v) is 5.30. The highest BCUT2D eigenvalue weighted by Gasteiger charge is 2.27. The Morgan fingerprint density at radius 3 is 2.77 bits per heavy atom. The number of nitrogens with zero attached hydrogens (tertiary/aromatic N) is 1. The van der Waals surface area contributed by atoms with Crippen LogP contribution in [0.1, 0.15) is 51.5 Å². The molecule has 170 valence electrons. The van der Waals surface area contributed by atoms with Crippen molar-refractivity contribution in [3.05, 3.63) is 48.3 Å². The quantitative estimate of drug-likeness (QED) is 0.681. The normalized spacial score (nSPS) is 17.7. The van der Waals surface area contributed by atoms with Crippen LogP contribution in [0.5, 0.6) is 0 Å². The minimum absolute atomic E-state index is 0.0104. The van der Waals surface area contributed by atoms with E-state index in [4.69, 9.17) is 4.74 Å². The van der Waals surface area contributed by atoms with E-state index in [9.17, 15) is 14.4 Å². The molecule has 2 atom stereocenters. The molecule has 2 heterocycles. The van der Waals surface area contributed by atoms with E-state index in [0.717, 1.165) is 31.4 Å². The second-order valence-electron chi connectivity index (χ2n) is 7.76. The van der Waals surface area contributed by atoms with Crippen LogP contribution in [0, 0.1) is 5.92 Å². The molecule has 7 heteroatoms. The number of fused-ring (bicyclic) bond motifs is 2. The van der Waals surface area contributed by atoms with E-state index < -0.39 is 17.9 Å². The average molecular weight is 430 g/mol. The molecule has 7 nitrogen and oxygen atoms in total. The summed E-state index contributed by atoms with van der Waals surface area (Å²) in [6, 6.07) is 9.07. The lowest BCUT2D eigenvalue weighted by atomic mass is 9.99. The summed E-state index contributed by atoms with van der Waals surface area (Å²) >= 11 is 0. The molecule has 0 radical (unpaired) electrons. The van der Waals surface area contributed by atoms with Crippen LogP contribution in [0.2, 0.25) is 0 Å². The molecule has 31 heavy (non-hydrogen) atoms. The van der Waals surface area contributed by atoms with Gasteiger partial charge in [-0.1, -0.05) is 31.2 Å². The number of carbonyl (C=O) groups excluding carboxylic acids is 3. The largest absolute Gasteiger partial charge is 0.466 e. The molecule has 1 aliphatic rings. The molecule has 2 amide bonds. The van der Waals surface area contributed by atoms with Gasteiger partial charge in [0.05, 0.1) is 13.0 Å². The lowest BCUT2D eigenvalue weighted by Gasteiger charge is -2.22. The fraction of sp³-hybridized carbons (Fsp3) is 0.542. The van der Waals surface area contributed by atoms with Crippen molar-refractivity contribution in [1.29, 1.82) is 0 Å². The molecule has 1 aromatic rings. The summed E-state index contributed by atoms with van der Waals surface area (Å²) in [7, 11) is 0. The third kappa shape index (κ3) is 8.82. The maximum atomic E-state index is 12.9. The van der Waals surface area contributed by atoms with Crippen molar-refractivity contribution >= 4 is 17.8 Å². The Hall–Kier alpha value is -2.83. The van der Waals surface area contributed by atoms with Gasteiger partial charge in [0.2, 0.25) is 11.8 Å². The Morgan fingerprint density at radius 1 is 1.19 bits per heavy atom. The van der Waals surface area contributed by atoms with E-state index in [0.29, 0.717) is 19.4 Å². The predicted octanol–water partition coefficient (Wildman–Crippen LogP) is 2.92. The van der Waals surface area contributed by atoms with Gasteiger partial charge in [-0.3, -0.25) is 14.4 Å². The monoisotopic (exact) mass is 429 g/mol. The lowest BCUT2D eigenvalue weighted by Crippen LogP contribution is -2.50. The SMILES string of the molecule is CCOC(=O)C[C@@H](CC)C(=O)NC1Cc2ccccccn(c2)CCCCCNC1=O. The number of hydrogen-bond donors (Lipinski definition) is 2. The molecular weight excluding hydrogens is 394 g/mol. The number of ether oxygens (including phenoxy) is 1. The molecule has 0 saturated heterocycles. The minimum atomic E-state index is -0.713. The molecule has 0 aromatic carbocycles. The first-order chi connectivity index (χ1) is 15.0. The van der Waals surface area contributed by atoms with Gasteiger partial charge in [-0.15, -0.1) is 0 Å². The van der Waals surface area contributed by atoms with E-state index in [2.05, 4.69) is 15.2 Å². The van der Waals surface area contributed by atoms with E-state index in [1.807, 2.05) is 49.6 Å². The number of nitrogens with one attached hydrogen (secondary N) is 2. The van der Waals surface area contributed by atoms with Gasteiger partial charge in [-0.25, -0.2) is 0 Å². The third-order valence-electron chi connectivity index (χ3n) is 5.30. The minimum Gasteiger partial charge on any atom is -0.466 e. The molecule has 2 bridgehead atoms. The van der Waals surface area contributed by atoms with Crippen LogP contribution < -0.4 is 10.6 Å². The Morgan fingerprint density at radius 2 is 2.00 bits per heavy atom. The van der Waals surface area contributed by atoms with Crippen molar-refractivity contribution in [3.8, 4) is 0 Å². The smallest absolute Gasteiger partial charge is 0.306 e. The van der Waals surface area contributed by atoms with Gasteiger partial charge in [0, 0.05) is 37.8 Å². The Bertz CT molecular complexity index is 789. The standard InChI is InChI=1S/C24H35N3O4/c1-3-20(17-22(28)31-4-2)23(29)26-21-16-19-12-8-5-6-10-14-27(18-19)15-11-7-9-13-25-24(21)30/h5-6,8,10,12,14,18,20-21H,3-4,7,9,11,13,15-17H2,1-2H3,(H,25,30)(H,26,29)/t20-,21?/m1/s1. The molecule has 1 aromatic heterocycles. The fourth-order valence-corrected chi connectivity index (χ4v) is 3.54. The number of hydrogen-bond acceptors (Lipinski definition) is 4. The van der Waals surface area contributed by atoms with E-state index in [1.165, 1.54) is 0 Å².